The second-order valence-corrected chi connectivity index (χ2v) is 4.68. The summed E-state index contributed by atoms with van der Waals surface area (Å²) >= 11 is 0. The van der Waals surface area contributed by atoms with E-state index in [-0.39, 0.29) is 6.04 Å². The van der Waals surface area contributed by atoms with E-state index in [9.17, 15) is 4.79 Å². The number of aromatic nitrogens is 1. The lowest BCUT2D eigenvalue weighted by molar-refractivity contribution is -0.139. The summed E-state index contributed by atoms with van der Waals surface area (Å²) < 4.78 is 0. The number of rotatable bonds is 4. The molecule has 5 heteroatoms. The number of nitrogens with one attached hydrogen (secondary N) is 1. The van der Waals surface area contributed by atoms with Crippen LogP contribution in [0.25, 0.3) is 0 Å². The molecular weight excluding hydrogens is 230 g/mol. The minimum Gasteiger partial charge on any atom is -0.480 e. The predicted octanol–water partition coefficient (Wildman–Crippen LogP) is 1.11. The van der Waals surface area contributed by atoms with Gasteiger partial charge in [-0.15, -0.1) is 0 Å². The molecule has 0 spiro atoms. The third kappa shape index (κ3) is 3.20. The molecule has 0 bridgehead atoms. The van der Waals surface area contributed by atoms with Crippen molar-refractivity contribution >= 4 is 11.8 Å². The van der Waals surface area contributed by atoms with Crippen molar-refractivity contribution in [2.75, 3.05) is 18.0 Å². The number of hydrogen-bond donors (Lipinski definition) is 2. The Balaban J connectivity index is 1.83. The Bertz CT molecular complexity index is 388. The van der Waals surface area contributed by atoms with Gasteiger partial charge in [-0.3, -0.25) is 4.79 Å². The van der Waals surface area contributed by atoms with Crippen LogP contribution in [-0.2, 0) is 4.79 Å². The number of carboxylic acids is 1. The second kappa shape index (κ2) is 5.82. The summed E-state index contributed by atoms with van der Waals surface area (Å²) in [5, 5.41) is 12.0. The Hall–Kier alpha value is -1.62. The van der Waals surface area contributed by atoms with Gasteiger partial charge in [0.2, 0.25) is 0 Å². The summed E-state index contributed by atoms with van der Waals surface area (Å²) in [5.41, 5.74) is 0. The predicted molar refractivity (Wildman–Crippen MR) is 69.7 cm³/mol. The van der Waals surface area contributed by atoms with Crippen molar-refractivity contribution in [1.82, 2.24) is 10.3 Å². The second-order valence-electron chi connectivity index (χ2n) is 4.68. The van der Waals surface area contributed by atoms with Gasteiger partial charge >= 0.3 is 5.97 Å². The van der Waals surface area contributed by atoms with Crippen LogP contribution in [0.15, 0.2) is 24.4 Å². The number of carbonyl (C=O) groups is 1. The smallest absolute Gasteiger partial charge is 0.320 e. The van der Waals surface area contributed by atoms with Gasteiger partial charge in [0.1, 0.15) is 11.9 Å². The highest BCUT2D eigenvalue weighted by Crippen LogP contribution is 2.17. The van der Waals surface area contributed by atoms with Crippen LogP contribution in [-0.4, -0.2) is 41.2 Å². The molecule has 0 radical (unpaired) electrons. The summed E-state index contributed by atoms with van der Waals surface area (Å²) in [6.07, 6.45) is 3.70. The number of hydrogen-bond acceptors (Lipinski definition) is 4. The number of nitrogens with zero attached hydrogens (tertiary/aromatic N) is 2. The zero-order valence-corrected chi connectivity index (χ0v) is 10.5. The molecule has 1 aliphatic heterocycles. The van der Waals surface area contributed by atoms with Gasteiger partial charge in [0, 0.05) is 25.3 Å². The Morgan fingerprint density at radius 3 is 2.78 bits per heavy atom. The molecule has 0 amide bonds. The monoisotopic (exact) mass is 249 g/mol. The van der Waals surface area contributed by atoms with Crippen LogP contribution in [0.3, 0.4) is 0 Å². The maximum atomic E-state index is 10.8. The first kappa shape index (κ1) is 12.8. The van der Waals surface area contributed by atoms with E-state index in [1.165, 1.54) is 0 Å². The topological polar surface area (TPSA) is 65.5 Å². The molecule has 1 fully saturated rings. The summed E-state index contributed by atoms with van der Waals surface area (Å²) in [5.74, 6) is 0.212. The van der Waals surface area contributed by atoms with Crippen LogP contribution in [0.2, 0.25) is 0 Å². The third-order valence-corrected chi connectivity index (χ3v) is 3.32. The van der Waals surface area contributed by atoms with Crippen LogP contribution in [0, 0.1) is 0 Å². The Morgan fingerprint density at radius 2 is 2.22 bits per heavy atom. The number of pyridine rings is 1. The van der Waals surface area contributed by atoms with Crippen LogP contribution in [0.1, 0.15) is 19.8 Å². The van der Waals surface area contributed by atoms with E-state index in [0.717, 1.165) is 31.7 Å². The van der Waals surface area contributed by atoms with Crippen molar-refractivity contribution < 1.29 is 9.90 Å². The standard InChI is InChI=1S/C13H19N3O2/c1-10(13(17)18)15-11-5-8-16(9-6-11)12-4-2-3-7-14-12/h2-4,7,10-11,15H,5-6,8-9H2,1H3,(H,17,18). The zero-order chi connectivity index (χ0) is 13.0. The van der Waals surface area contributed by atoms with E-state index in [2.05, 4.69) is 15.2 Å². The van der Waals surface area contributed by atoms with E-state index < -0.39 is 12.0 Å². The first-order valence-electron chi connectivity index (χ1n) is 6.31. The van der Waals surface area contributed by atoms with E-state index in [1.807, 2.05) is 18.2 Å². The molecule has 1 aromatic rings. The summed E-state index contributed by atoms with van der Waals surface area (Å²) in [6.45, 7) is 3.52. The van der Waals surface area contributed by atoms with Gasteiger partial charge in [-0.25, -0.2) is 4.98 Å². The molecule has 1 atom stereocenters. The first-order chi connectivity index (χ1) is 8.66. The number of anilines is 1. The fraction of sp³-hybridized carbons (Fsp3) is 0.538. The molecule has 5 nitrogen and oxygen atoms in total. The van der Waals surface area contributed by atoms with Gasteiger partial charge in [0.15, 0.2) is 0 Å². The van der Waals surface area contributed by atoms with Crippen molar-refractivity contribution in [3.8, 4) is 0 Å². The van der Waals surface area contributed by atoms with Crippen LogP contribution >= 0.6 is 0 Å². The molecule has 18 heavy (non-hydrogen) atoms. The maximum absolute atomic E-state index is 10.8. The SMILES string of the molecule is CC(NC1CCN(c2ccccn2)CC1)C(=O)O. The molecule has 1 aromatic heterocycles. The molecule has 0 saturated carbocycles. The minimum absolute atomic E-state index is 0.288. The molecule has 0 aliphatic carbocycles. The number of aliphatic carboxylic acids is 1. The number of piperidine rings is 1. The van der Waals surface area contributed by atoms with Gasteiger partial charge in [-0.1, -0.05) is 6.07 Å². The lowest BCUT2D eigenvalue weighted by Gasteiger charge is -2.34. The number of carboxylic acid groups (broad SMARTS) is 1. The van der Waals surface area contributed by atoms with Crippen LogP contribution < -0.4 is 10.2 Å². The molecular formula is C13H19N3O2. The molecule has 2 rings (SSSR count). The molecule has 2 N–H and O–H groups in total. The summed E-state index contributed by atoms with van der Waals surface area (Å²) in [4.78, 5) is 17.3. The fourth-order valence-corrected chi connectivity index (χ4v) is 2.24. The van der Waals surface area contributed by atoms with Gasteiger partial charge in [-0.2, -0.15) is 0 Å². The lowest BCUT2D eigenvalue weighted by Crippen LogP contribution is -2.47. The van der Waals surface area contributed by atoms with E-state index in [1.54, 1.807) is 13.1 Å². The molecule has 1 unspecified atom stereocenters. The zero-order valence-electron chi connectivity index (χ0n) is 10.5. The highest BCUT2D eigenvalue weighted by molar-refractivity contribution is 5.72. The van der Waals surface area contributed by atoms with Crippen molar-refractivity contribution in [3.63, 3.8) is 0 Å². The van der Waals surface area contributed by atoms with E-state index in [4.69, 9.17) is 5.11 Å². The third-order valence-electron chi connectivity index (χ3n) is 3.32. The largest absolute Gasteiger partial charge is 0.480 e. The van der Waals surface area contributed by atoms with E-state index in [0.29, 0.717) is 0 Å². The average molecular weight is 249 g/mol. The summed E-state index contributed by atoms with van der Waals surface area (Å²) in [7, 11) is 0. The normalized spacial score (nSPS) is 18.6. The molecule has 2 heterocycles. The lowest BCUT2D eigenvalue weighted by atomic mass is 10.0. The van der Waals surface area contributed by atoms with E-state index >= 15 is 0 Å². The quantitative estimate of drug-likeness (QED) is 0.837. The highest BCUT2D eigenvalue weighted by atomic mass is 16.4. The van der Waals surface area contributed by atoms with Crippen molar-refractivity contribution in [1.29, 1.82) is 0 Å². The maximum Gasteiger partial charge on any atom is 0.320 e. The highest BCUT2D eigenvalue weighted by Gasteiger charge is 2.22. The van der Waals surface area contributed by atoms with Crippen molar-refractivity contribution in [3.05, 3.63) is 24.4 Å². The molecule has 0 aromatic carbocycles. The molecule has 1 saturated heterocycles. The average Bonchev–Trinajstić information content (AvgIpc) is 2.40. The Kier molecular flexibility index (Phi) is 4.15. The molecule has 98 valence electrons. The Labute approximate surface area is 107 Å². The minimum atomic E-state index is -0.790. The first-order valence-corrected chi connectivity index (χ1v) is 6.31. The van der Waals surface area contributed by atoms with Crippen LogP contribution in [0.4, 0.5) is 5.82 Å². The van der Waals surface area contributed by atoms with Gasteiger partial charge in [0.05, 0.1) is 0 Å². The van der Waals surface area contributed by atoms with Crippen molar-refractivity contribution in [2.24, 2.45) is 0 Å². The Morgan fingerprint density at radius 1 is 1.50 bits per heavy atom. The van der Waals surface area contributed by atoms with Gasteiger partial charge < -0.3 is 15.3 Å². The summed E-state index contributed by atoms with van der Waals surface area (Å²) in [6, 6.07) is 5.71. The van der Waals surface area contributed by atoms with Gasteiger partial charge in [-0.05, 0) is 31.9 Å². The fourth-order valence-electron chi connectivity index (χ4n) is 2.24. The van der Waals surface area contributed by atoms with Crippen molar-refractivity contribution in [2.45, 2.75) is 31.8 Å². The van der Waals surface area contributed by atoms with Gasteiger partial charge in [0.25, 0.3) is 0 Å². The van der Waals surface area contributed by atoms with Crippen LogP contribution in [0.5, 0.6) is 0 Å². The molecule has 1 aliphatic rings.